The zero-order valence-electron chi connectivity index (χ0n) is 15.6. The molecule has 0 amide bonds. The third-order valence-electron chi connectivity index (χ3n) is 4.21. The monoisotopic (exact) mass is 341 g/mol. The van der Waals surface area contributed by atoms with Crippen LogP contribution < -0.4 is 14.8 Å². The highest BCUT2D eigenvalue weighted by atomic mass is 16.5. The summed E-state index contributed by atoms with van der Waals surface area (Å²) in [6, 6.07) is 14.2. The highest BCUT2D eigenvalue weighted by Crippen LogP contribution is 2.39. The van der Waals surface area contributed by atoms with E-state index in [1.165, 1.54) is 0 Å². The van der Waals surface area contributed by atoms with Gasteiger partial charge in [0.05, 0.1) is 19.8 Å². The second-order valence-corrected chi connectivity index (χ2v) is 7.34. The molecule has 2 aromatic carbocycles. The summed E-state index contributed by atoms with van der Waals surface area (Å²) in [6.07, 6.45) is -0.0603. The first-order chi connectivity index (χ1) is 11.9. The Balaban J connectivity index is 2.08. The lowest BCUT2D eigenvalue weighted by atomic mass is 9.97. The molecule has 0 aromatic heterocycles. The van der Waals surface area contributed by atoms with Crippen LogP contribution in [0.15, 0.2) is 42.5 Å². The first kappa shape index (κ1) is 17.8. The van der Waals surface area contributed by atoms with Gasteiger partial charge in [0.15, 0.2) is 0 Å². The van der Waals surface area contributed by atoms with Gasteiger partial charge in [-0.1, -0.05) is 24.3 Å². The van der Waals surface area contributed by atoms with Crippen LogP contribution in [0, 0.1) is 0 Å². The van der Waals surface area contributed by atoms with Crippen LogP contribution in [0.3, 0.4) is 0 Å². The van der Waals surface area contributed by atoms with Crippen molar-refractivity contribution in [2.75, 3.05) is 13.7 Å². The van der Waals surface area contributed by atoms with E-state index in [0.717, 1.165) is 28.2 Å². The topological polar surface area (TPSA) is 39.7 Å². The van der Waals surface area contributed by atoms with Gasteiger partial charge in [0.2, 0.25) is 0 Å². The zero-order chi connectivity index (χ0) is 18.0. The fourth-order valence-electron chi connectivity index (χ4n) is 3.07. The third-order valence-corrected chi connectivity index (χ3v) is 4.21. The molecular formula is C21H27NO3. The summed E-state index contributed by atoms with van der Waals surface area (Å²) in [5.74, 6) is 1.69. The van der Waals surface area contributed by atoms with Gasteiger partial charge in [0.25, 0.3) is 0 Å². The molecule has 4 nitrogen and oxygen atoms in total. The minimum Gasteiger partial charge on any atom is -0.497 e. The van der Waals surface area contributed by atoms with E-state index in [1.54, 1.807) is 7.11 Å². The van der Waals surface area contributed by atoms with Crippen molar-refractivity contribution in [3.8, 4) is 22.6 Å². The molecule has 1 aliphatic heterocycles. The molecular weight excluding hydrogens is 314 g/mol. The Labute approximate surface area is 150 Å². The van der Waals surface area contributed by atoms with Crippen LogP contribution in [0.4, 0.5) is 0 Å². The van der Waals surface area contributed by atoms with E-state index in [1.807, 2.05) is 44.2 Å². The third kappa shape index (κ3) is 3.97. The zero-order valence-corrected chi connectivity index (χ0v) is 15.6. The van der Waals surface area contributed by atoms with Crippen molar-refractivity contribution in [3.63, 3.8) is 0 Å². The van der Waals surface area contributed by atoms with Gasteiger partial charge in [-0.2, -0.15) is 0 Å². The predicted molar refractivity (Wildman–Crippen MR) is 100 cm³/mol. The smallest absolute Gasteiger partial charge is 0.135 e. The molecule has 134 valence electrons. The van der Waals surface area contributed by atoms with Crippen molar-refractivity contribution in [2.24, 2.45) is 0 Å². The average Bonchev–Trinajstić information content (AvgIpc) is 2.94. The van der Waals surface area contributed by atoms with E-state index in [2.05, 4.69) is 31.3 Å². The molecule has 25 heavy (non-hydrogen) atoms. The van der Waals surface area contributed by atoms with Crippen LogP contribution in [0.25, 0.3) is 11.1 Å². The van der Waals surface area contributed by atoms with Crippen molar-refractivity contribution in [1.29, 1.82) is 0 Å². The van der Waals surface area contributed by atoms with Gasteiger partial charge >= 0.3 is 0 Å². The SMILES string of the molecule is COc1ccc(-c2ccccc2OC(C)C)c(C2NC(C)(C)CO2)c1. The number of para-hydroxylation sites is 1. The molecule has 1 unspecified atom stereocenters. The molecule has 0 saturated carbocycles. The van der Waals surface area contributed by atoms with Gasteiger partial charge in [-0.15, -0.1) is 0 Å². The van der Waals surface area contributed by atoms with Crippen LogP contribution >= 0.6 is 0 Å². The summed E-state index contributed by atoms with van der Waals surface area (Å²) in [5, 5.41) is 3.55. The van der Waals surface area contributed by atoms with E-state index in [9.17, 15) is 0 Å². The first-order valence-corrected chi connectivity index (χ1v) is 8.73. The Morgan fingerprint density at radius 1 is 1.12 bits per heavy atom. The van der Waals surface area contributed by atoms with Crippen LogP contribution in [-0.4, -0.2) is 25.4 Å². The molecule has 1 saturated heterocycles. The van der Waals surface area contributed by atoms with E-state index in [-0.39, 0.29) is 17.9 Å². The highest BCUT2D eigenvalue weighted by molar-refractivity contribution is 5.74. The highest BCUT2D eigenvalue weighted by Gasteiger charge is 2.33. The second kappa shape index (κ2) is 7.06. The molecule has 1 N–H and O–H groups in total. The number of hydrogen-bond donors (Lipinski definition) is 1. The minimum absolute atomic E-state index is 0.0566. The fourth-order valence-corrected chi connectivity index (χ4v) is 3.07. The van der Waals surface area contributed by atoms with Crippen LogP contribution in [-0.2, 0) is 4.74 Å². The molecule has 3 rings (SSSR count). The number of benzene rings is 2. The first-order valence-electron chi connectivity index (χ1n) is 8.73. The summed E-state index contributed by atoms with van der Waals surface area (Å²) in [6.45, 7) is 9.02. The lowest BCUT2D eigenvalue weighted by Crippen LogP contribution is -2.36. The molecule has 2 aromatic rings. The number of rotatable bonds is 5. The minimum atomic E-state index is -0.174. The van der Waals surface area contributed by atoms with E-state index in [0.29, 0.717) is 6.61 Å². The summed E-state index contributed by atoms with van der Waals surface area (Å²) in [7, 11) is 1.68. The van der Waals surface area contributed by atoms with Crippen molar-refractivity contribution in [2.45, 2.75) is 45.6 Å². The quantitative estimate of drug-likeness (QED) is 0.866. The molecule has 0 bridgehead atoms. The molecule has 1 aliphatic rings. The van der Waals surface area contributed by atoms with Crippen LogP contribution in [0.2, 0.25) is 0 Å². The number of methoxy groups -OCH3 is 1. The maximum absolute atomic E-state index is 6.03. The maximum atomic E-state index is 6.03. The molecule has 0 radical (unpaired) electrons. The van der Waals surface area contributed by atoms with E-state index >= 15 is 0 Å². The standard InChI is InChI=1S/C21H27NO3/c1-14(2)25-19-9-7-6-8-17(19)16-11-10-15(23-5)12-18(16)20-22-21(3,4)13-24-20/h6-12,14,20,22H,13H2,1-5H3. The van der Waals surface area contributed by atoms with Crippen molar-refractivity contribution in [3.05, 3.63) is 48.0 Å². The molecule has 1 atom stereocenters. The van der Waals surface area contributed by atoms with Crippen molar-refractivity contribution >= 4 is 0 Å². The Kier molecular flexibility index (Phi) is 5.02. The summed E-state index contributed by atoms with van der Waals surface area (Å²) in [5.41, 5.74) is 3.15. The van der Waals surface area contributed by atoms with Gasteiger partial charge in [0.1, 0.15) is 17.7 Å². The van der Waals surface area contributed by atoms with Gasteiger partial charge in [-0.25, -0.2) is 0 Å². The molecule has 4 heteroatoms. The number of ether oxygens (including phenoxy) is 3. The van der Waals surface area contributed by atoms with E-state index < -0.39 is 0 Å². The van der Waals surface area contributed by atoms with Crippen LogP contribution in [0.1, 0.15) is 39.5 Å². The van der Waals surface area contributed by atoms with Gasteiger partial charge in [0, 0.05) is 16.7 Å². The summed E-state index contributed by atoms with van der Waals surface area (Å²) >= 11 is 0. The largest absolute Gasteiger partial charge is 0.497 e. The molecule has 0 aliphatic carbocycles. The molecule has 0 spiro atoms. The summed E-state index contributed by atoms with van der Waals surface area (Å²) < 4.78 is 17.5. The van der Waals surface area contributed by atoms with Gasteiger partial charge in [-0.3, -0.25) is 5.32 Å². The number of hydrogen-bond acceptors (Lipinski definition) is 4. The summed E-state index contributed by atoms with van der Waals surface area (Å²) in [4.78, 5) is 0. The molecule has 1 heterocycles. The van der Waals surface area contributed by atoms with Gasteiger partial charge < -0.3 is 14.2 Å². The normalized spacial score (nSPS) is 19.2. The number of nitrogens with one attached hydrogen (secondary N) is 1. The average molecular weight is 341 g/mol. The Morgan fingerprint density at radius 3 is 2.52 bits per heavy atom. The van der Waals surface area contributed by atoms with Crippen molar-refractivity contribution in [1.82, 2.24) is 5.32 Å². The Hall–Kier alpha value is -2.04. The Morgan fingerprint density at radius 2 is 1.88 bits per heavy atom. The Bertz CT molecular complexity index is 740. The van der Waals surface area contributed by atoms with Crippen molar-refractivity contribution < 1.29 is 14.2 Å². The lowest BCUT2D eigenvalue weighted by Gasteiger charge is -2.22. The van der Waals surface area contributed by atoms with Crippen LogP contribution in [0.5, 0.6) is 11.5 Å². The predicted octanol–water partition coefficient (Wildman–Crippen LogP) is 4.55. The second-order valence-electron chi connectivity index (χ2n) is 7.34. The maximum Gasteiger partial charge on any atom is 0.135 e. The molecule has 1 fully saturated rings. The van der Waals surface area contributed by atoms with Gasteiger partial charge in [-0.05, 0) is 51.5 Å². The van der Waals surface area contributed by atoms with E-state index in [4.69, 9.17) is 14.2 Å². The fraction of sp³-hybridized carbons (Fsp3) is 0.429. The lowest BCUT2D eigenvalue weighted by molar-refractivity contribution is 0.0991.